The van der Waals surface area contributed by atoms with Crippen molar-refractivity contribution in [2.24, 2.45) is 0 Å². The van der Waals surface area contributed by atoms with Crippen LogP contribution >= 0.6 is 23.2 Å². The van der Waals surface area contributed by atoms with Crippen molar-refractivity contribution in [1.29, 1.82) is 0 Å². The molecule has 0 saturated heterocycles. The van der Waals surface area contributed by atoms with E-state index in [1.165, 1.54) is 0 Å². The molecule has 2 aliphatic rings. The summed E-state index contributed by atoms with van der Waals surface area (Å²) in [7, 11) is 1.63. The molecule has 0 spiro atoms. The van der Waals surface area contributed by atoms with E-state index in [4.69, 9.17) is 32.7 Å². The number of rotatable bonds is 6. The van der Waals surface area contributed by atoms with Gasteiger partial charge < -0.3 is 14.8 Å². The van der Waals surface area contributed by atoms with Crippen molar-refractivity contribution in [3.8, 4) is 5.75 Å². The average molecular weight is 500 g/mol. The lowest BCUT2D eigenvalue weighted by Crippen LogP contribution is -2.36. The van der Waals surface area contributed by atoms with Gasteiger partial charge >= 0.3 is 5.97 Å². The Bertz CT molecular complexity index is 1180. The fraction of sp³-hybridized carbons (Fsp3) is 0.333. The number of Topliss-reactive ketones (excluding diaryl/α,β-unsaturated/α-hetero) is 1. The van der Waals surface area contributed by atoms with Crippen LogP contribution in [0.3, 0.4) is 0 Å². The number of carbonyl (C=O) groups excluding carboxylic acids is 2. The van der Waals surface area contributed by atoms with E-state index in [1.54, 1.807) is 25.3 Å². The molecule has 34 heavy (non-hydrogen) atoms. The normalized spacial score (nSPS) is 20.1. The maximum atomic E-state index is 13.6. The van der Waals surface area contributed by atoms with Crippen LogP contribution in [0.1, 0.15) is 56.1 Å². The lowest BCUT2D eigenvalue weighted by molar-refractivity contribution is -0.139. The molecule has 2 aromatic carbocycles. The van der Waals surface area contributed by atoms with Gasteiger partial charge in [-0.3, -0.25) is 4.79 Å². The van der Waals surface area contributed by atoms with E-state index in [9.17, 15) is 9.59 Å². The lowest BCUT2D eigenvalue weighted by atomic mass is 9.71. The van der Waals surface area contributed by atoms with E-state index in [-0.39, 0.29) is 11.7 Å². The molecule has 0 amide bonds. The fourth-order valence-electron chi connectivity index (χ4n) is 4.74. The molecule has 1 aliphatic carbocycles. The fourth-order valence-corrected chi connectivity index (χ4v) is 5.26. The second-order valence-corrected chi connectivity index (χ2v) is 9.44. The number of ether oxygens (including phenoxy) is 2. The van der Waals surface area contributed by atoms with Crippen LogP contribution < -0.4 is 10.1 Å². The van der Waals surface area contributed by atoms with E-state index in [0.717, 1.165) is 17.0 Å². The Morgan fingerprint density at radius 1 is 1.12 bits per heavy atom. The van der Waals surface area contributed by atoms with Gasteiger partial charge in [0.1, 0.15) is 5.75 Å². The van der Waals surface area contributed by atoms with Crippen LogP contribution in [0, 0.1) is 0 Å². The molecule has 178 valence electrons. The zero-order valence-electron chi connectivity index (χ0n) is 19.4. The molecular formula is C27H27Cl2NO4. The summed E-state index contributed by atoms with van der Waals surface area (Å²) in [5.41, 5.74) is 4.20. The van der Waals surface area contributed by atoms with Gasteiger partial charge in [-0.25, -0.2) is 4.79 Å². The monoisotopic (exact) mass is 499 g/mol. The molecule has 0 radical (unpaired) electrons. The zero-order valence-corrected chi connectivity index (χ0v) is 20.9. The highest BCUT2D eigenvalue weighted by Crippen LogP contribution is 2.47. The number of allylic oxidation sites excluding steroid dienone is 3. The second-order valence-electron chi connectivity index (χ2n) is 8.59. The van der Waals surface area contributed by atoms with E-state index >= 15 is 0 Å². The molecule has 0 bridgehead atoms. The van der Waals surface area contributed by atoms with Crippen molar-refractivity contribution >= 4 is 35.0 Å². The molecule has 1 N–H and O–H groups in total. The Labute approximate surface area is 209 Å². The van der Waals surface area contributed by atoms with E-state index in [1.807, 2.05) is 38.1 Å². The molecular weight excluding hydrogens is 473 g/mol. The van der Waals surface area contributed by atoms with Gasteiger partial charge in [0.2, 0.25) is 0 Å². The summed E-state index contributed by atoms with van der Waals surface area (Å²) >= 11 is 12.7. The third-order valence-electron chi connectivity index (χ3n) is 6.35. The van der Waals surface area contributed by atoms with Crippen molar-refractivity contribution in [3.63, 3.8) is 0 Å². The smallest absolute Gasteiger partial charge is 0.336 e. The molecule has 0 unspecified atom stereocenters. The molecule has 5 nitrogen and oxygen atoms in total. The van der Waals surface area contributed by atoms with Gasteiger partial charge in [-0.15, -0.1) is 0 Å². The Morgan fingerprint density at radius 3 is 2.50 bits per heavy atom. The topological polar surface area (TPSA) is 64.6 Å². The minimum atomic E-state index is -0.616. The molecule has 2 atom stereocenters. The highest BCUT2D eigenvalue weighted by atomic mass is 35.5. The number of esters is 1. The highest BCUT2D eigenvalue weighted by molar-refractivity contribution is 6.35. The van der Waals surface area contributed by atoms with Crippen LogP contribution in [-0.4, -0.2) is 25.5 Å². The van der Waals surface area contributed by atoms with Crippen molar-refractivity contribution in [3.05, 3.63) is 86.2 Å². The van der Waals surface area contributed by atoms with Gasteiger partial charge in [0.05, 0.1) is 19.3 Å². The van der Waals surface area contributed by atoms with Gasteiger partial charge in [0, 0.05) is 39.4 Å². The number of methoxy groups -OCH3 is 1. The molecule has 1 heterocycles. The molecule has 0 saturated carbocycles. The highest BCUT2D eigenvalue weighted by Gasteiger charge is 2.42. The largest absolute Gasteiger partial charge is 0.497 e. The molecule has 1 aliphatic heterocycles. The van der Waals surface area contributed by atoms with E-state index < -0.39 is 11.9 Å². The van der Waals surface area contributed by atoms with Gasteiger partial charge in [-0.1, -0.05) is 48.3 Å². The second kappa shape index (κ2) is 10.2. The van der Waals surface area contributed by atoms with Gasteiger partial charge in [-0.2, -0.15) is 0 Å². The zero-order chi connectivity index (χ0) is 24.4. The summed E-state index contributed by atoms with van der Waals surface area (Å²) < 4.78 is 10.8. The van der Waals surface area contributed by atoms with Crippen LogP contribution in [0.15, 0.2) is 65.0 Å². The maximum absolute atomic E-state index is 13.6. The summed E-state index contributed by atoms with van der Waals surface area (Å²) in [5.74, 6) is -0.284. The first-order chi connectivity index (χ1) is 16.3. The number of ketones is 1. The number of hydrogen-bond donors (Lipinski definition) is 1. The predicted molar refractivity (Wildman–Crippen MR) is 133 cm³/mol. The quantitative estimate of drug-likeness (QED) is 0.471. The van der Waals surface area contributed by atoms with Crippen LogP contribution in [0.2, 0.25) is 10.0 Å². The summed E-state index contributed by atoms with van der Waals surface area (Å²) in [6.45, 7) is 4.08. The van der Waals surface area contributed by atoms with Crippen LogP contribution in [0.5, 0.6) is 5.75 Å². The Morgan fingerprint density at radius 2 is 1.85 bits per heavy atom. The van der Waals surface area contributed by atoms with E-state index in [0.29, 0.717) is 58.3 Å². The number of hydrogen-bond acceptors (Lipinski definition) is 5. The van der Waals surface area contributed by atoms with Gasteiger partial charge in [0.25, 0.3) is 0 Å². The van der Waals surface area contributed by atoms with Crippen molar-refractivity contribution in [1.82, 2.24) is 5.32 Å². The molecule has 0 fully saturated rings. The number of benzene rings is 2. The minimum absolute atomic E-state index is 0.0149. The SMILES string of the molecule is CCCOC(=O)C1=C(C)NC2=C(C(=O)C[C@@H](c3ccc(OC)cc3)C2)[C@@H]1c1ccc(Cl)cc1Cl. The first-order valence-corrected chi connectivity index (χ1v) is 12.1. The summed E-state index contributed by atoms with van der Waals surface area (Å²) in [6, 6.07) is 12.9. The van der Waals surface area contributed by atoms with E-state index in [2.05, 4.69) is 5.32 Å². The standard InChI is InChI=1S/C27H27Cl2NO4/c1-4-11-34-27(32)24-15(2)30-22-12-17(16-5-8-19(33-3)9-6-16)13-23(31)26(22)25(24)20-10-7-18(28)14-21(20)29/h5-10,14,17,25,30H,4,11-13H2,1-3H3/t17-,25+/m0/s1. The number of carbonyl (C=O) groups is 2. The lowest BCUT2D eigenvalue weighted by Gasteiger charge is -2.37. The summed E-state index contributed by atoms with van der Waals surface area (Å²) in [5, 5.41) is 4.25. The number of halogens is 2. The molecule has 4 rings (SSSR count). The Kier molecular flexibility index (Phi) is 7.34. The van der Waals surface area contributed by atoms with Crippen LogP contribution in [-0.2, 0) is 14.3 Å². The van der Waals surface area contributed by atoms with Crippen LogP contribution in [0.25, 0.3) is 0 Å². The number of nitrogens with one attached hydrogen (secondary N) is 1. The Hall–Kier alpha value is -2.76. The van der Waals surface area contributed by atoms with Crippen molar-refractivity contribution in [2.45, 2.75) is 44.9 Å². The third-order valence-corrected chi connectivity index (χ3v) is 6.91. The molecule has 7 heteroatoms. The summed E-state index contributed by atoms with van der Waals surface area (Å²) in [6.07, 6.45) is 1.68. The van der Waals surface area contributed by atoms with Gasteiger partial charge in [0.15, 0.2) is 5.78 Å². The molecule has 0 aromatic heterocycles. The predicted octanol–water partition coefficient (Wildman–Crippen LogP) is 6.32. The summed E-state index contributed by atoms with van der Waals surface area (Å²) in [4.78, 5) is 26.7. The maximum Gasteiger partial charge on any atom is 0.336 e. The third kappa shape index (κ3) is 4.73. The van der Waals surface area contributed by atoms with Crippen molar-refractivity contribution in [2.75, 3.05) is 13.7 Å². The Balaban J connectivity index is 1.78. The average Bonchev–Trinajstić information content (AvgIpc) is 2.81. The van der Waals surface area contributed by atoms with Gasteiger partial charge in [-0.05, 0) is 61.1 Å². The first kappa shape index (κ1) is 24.4. The minimum Gasteiger partial charge on any atom is -0.497 e. The van der Waals surface area contributed by atoms with Crippen LogP contribution in [0.4, 0.5) is 0 Å². The molecule has 2 aromatic rings. The first-order valence-electron chi connectivity index (χ1n) is 11.3. The van der Waals surface area contributed by atoms with Crippen molar-refractivity contribution < 1.29 is 19.1 Å². The number of dihydropyridines is 1.